The Bertz CT molecular complexity index is 695. The van der Waals surface area contributed by atoms with Crippen molar-refractivity contribution in [1.82, 2.24) is 5.32 Å². The van der Waals surface area contributed by atoms with Crippen molar-refractivity contribution in [3.05, 3.63) is 29.8 Å². The van der Waals surface area contributed by atoms with Crippen LogP contribution >= 0.6 is 0 Å². The second-order valence-corrected chi connectivity index (χ2v) is 6.94. The summed E-state index contributed by atoms with van der Waals surface area (Å²) in [7, 11) is 0. The molecule has 152 valence electrons. The zero-order valence-corrected chi connectivity index (χ0v) is 14.5. The molecule has 1 saturated carbocycles. The van der Waals surface area contributed by atoms with Gasteiger partial charge in [0.15, 0.2) is 0 Å². The van der Waals surface area contributed by atoms with Crippen LogP contribution in [0.1, 0.15) is 44.7 Å². The molecule has 0 heterocycles. The van der Waals surface area contributed by atoms with Crippen LogP contribution in [0.2, 0.25) is 0 Å². The normalized spacial score (nSPS) is 19.7. The summed E-state index contributed by atoms with van der Waals surface area (Å²) in [6, 6.07) is 4.07. The molecule has 1 fully saturated rings. The van der Waals surface area contributed by atoms with Gasteiger partial charge in [0.1, 0.15) is 5.75 Å². The molecular formula is C17H19F6NO3. The van der Waals surface area contributed by atoms with Gasteiger partial charge in [0.05, 0.1) is 23.5 Å². The van der Waals surface area contributed by atoms with Crippen LogP contribution in [-0.4, -0.2) is 29.2 Å². The Morgan fingerprint density at radius 3 is 2.33 bits per heavy atom. The lowest BCUT2D eigenvalue weighted by Crippen LogP contribution is -2.48. The van der Waals surface area contributed by atoms with Crippen LogP contribution in [0.5, 0.6) is 5.75 Å². The highest BCUT2D eigenvalue weighted by Crippen LogP contribution is 2.64. The predicted molar refractivity (Wildman–Crippen MR) is 82.6 cm³/mol. The monoisotopic (exact) mass is 399 g/mol. The third-order valence-corrected chi connectivity index (χ3v) is 4.80. The van der Waals surface area contributed by atoms with Crippen LogP contribution < -0.4 is 10.1 Å². The van der Waals surface area contributed by atoms with Gasteiger partial charge in [-0.1, -0.05) is 12.1 Å². The van der Waals surface area contributed by atoms with Crippen molar-refractivity contribution in [1.29, 1.82) is 0 Å². The van der Waals surface area contributed by atoms with Crippen molar-refractivity contribution in [2.75, 3.05) is 0 Å². The fraction of sp³-hybridized carbons (Fsp3) is 0.588. The van der Waals surface area contributed by atoms with Crippen molar-refractivity contribution >= 4 is 5.91 Å². The number of hydrogen-bond donors (Lipinski definition) is 2. The number of alkyl halides is 6. The van der Waals surface area contributed by atoms with E-state index < -0.39 is 47.7 Å². The molecule has 0 unspecified atom stereocenters. The summed E-state index contributed by atoms with van der Waals surface area (Å²) in [4.78, 5) is 12.1. The van der Waals surface area contributed by atoms with E-state index >= 15 is 0 Å². The molecule has 2 atom stereocenters. The van der Waals surface area contributed by atoms with Crippen molar-refractivity contribution in [2.45, 2.75) is 57.3 Å². The lowest BCUT2D eigenvalue weighted by molar-refractivity contribution is -0.274. The average Bonchev–Trinajstić information content (AvgIpc) is 3.26. The van der Waals surface area contributed by atoms with Crippen molar-refractivity contribution in [2.24, 2.45) is 5.41 Å². The molecule has 1 aromatic carbocycles. The summed E-state index contributed by atoms with van der Waals surface area (Å²) in [5.74, 6) is -1.33. The third-order valence-electron chi connectivity index (χ3n) is 4.80. The number of carbonyl (C=O) groups is 1. The van der Waals surface area contributed by atoms with Crippen LogP contribution in [0, 0.1) is 5.41 Å². The van der Waals surface area contributed by atoms with Gasteiger partial charge >= 0.3 is 12.5 Å². The molecule has 10 heteroatoms. The molecule has 0 spiro atoms. The minimum Gasteiger partial charge on any atom is -0.406 e. The maximum absolute atomic E-state index is 13.2. The summed E-state index contributed by atoms with van der Waals surface area (Å²) < 4.78 is 80.1. The van der Waals surface area contributed by atoms with E-state index in [0.717, 1.165) is 19.1 Å². The standard InChI is InChI=1S/C17H19F6NO3/c1-10(11-4-3-5-12(8-11)27-17(21,22)23)24-13(25)9-14(2,26)15(6-7-15)16(18,19)20/h3-5,8,10,26H,6-7,9H2,1-2H3,(H,24,25)/t10-,14-/m0/s1. The van der Waals surface area contributed by atoms with E-state index in [1.165, 1.54) is 19.1 Å². The Hall–Kier alpha value is -1.97. The Labute approximate surface area is 151 Å². The number of rotatable bonds is 6. The second-order valence-electron chi connectivity index (χ2n) is 6.94. The third kappa shape index (κ3) is 4.85. The number of benzene rings is 1. The Morgan fingerprint density at radius 1 is 1.26 bits per heavy atom. The molecule has 1 aliphatic rings. The summed E-state index contributed by atoms with van der Waals surface area (Å²) in [5.41, 5.74) is -4.32. The van der Waals surface area contributed by atoms with Crippen LogP contribution in [0.25, 0.3) is 0 Å². The molecule has 1 aromatic rings. The first-order valence-electron chi connectivity index (χ1n) is 8.11. The van der Waals surface area contributed by atoms with E-state index in [4.69, 9.17) is 0 Å². The Morgan fingerprint density at radius 2 is 1.85 bits per heavy atom. The van der Waals surface area contributed by atoms with Gasteiger partial charge in [0, 0.05) is 0 Å². The van der Waals surface area contributed by atoms with E-state index in [1.807, 2.05) is 0 Å². The zero-order chi connectivity index (χ0) is 20.7. The number of aliphatic hydroxyl groups is 1. The van der Waals surface area contributed by atoms with Gasteiger partial charge in [-0.05, 0) is 44.4 Å². The van der Waals surface area contributed by atoms with Crippen LogP contribution in [-0.2, 0) is 4.79 Å². The van der Waals surface area contributed by atoms with Crippen LogP contribution in [0.15, 0.2) is 24.3 Å². The average molecular weight is 399 g/mol. The first-order chi connectivity index (χ1) is 12.2. The summed E-state index contributed by atoms with van der Waals surface area (Å²) >= 11 is 0. The van der Waals surface area contributed by atoms with Gasteiger partial charge in [0.25, 0.3) is 0 Å². The SMILES string of the molecule is C[C@H](NC(=O)C[C@](C)(O)C1(C(F)(F)F)CC1)c1cccc(OC(F)(F)F)c1. The first kappa shape index (κ1) is 21.3. The molecule has 27 heavy (non-hydrogen) atoms. The predicted octanol–water partition coefficient (Wildman–Crippen LogP) is 4.25. The summed E-state index contributed by atoms with van der Waals surface area (Å²) in [6.45, 7) is 2.42. The second kappa shape index (κ2) is 6.88. The molecule has 4 nitrogen and oxygen atoms in total. The van der Waals surface area contributed by atoms with Gasteiger partial charge in [-0.2, -0.15) is 13.2 Å². The number of carbonyl (C=O) groups excluding carboxylic acids is 1. The van der Waals surface area contributed by atoms with E-state index in [0.29, 0.717) is 0 Å². The molecule has 0 bridgehead atoms. The molecular weight excluding hydrogens is 380 g/mol. The molecule has 0 radical (unpaired) electrons. The van der Waals surface area contributed by atoms with E-state index in [9.17, 15) is 36.2 Å². The fourth-order valence-electron chi connectivity index (χ4n) is 3.09. The molecule has 2 N–H and O–H groups in total. The summed E-state index contributed by atoms with van der Waals surface area (Å²) in [6.07, 6.45) is -10.8. The van der Waals surface area contributed by atoms with Crippen LogP contribution in [0.3, 0.4) is 0 Å². The van der Waals surface area contributed by atoms with Gasteiger partial charge in [-0.3, -0.25) is 4.79 Å². The lowest BCUT2D eigenvalue weighted by atomic mass is 9.82. The highest BCUT2D eigenvalue weighted by molar-refractivity contribution is 5.77. The highest BCUT2D eigenvalue weighted by atomic mass is 19.4. The molecule has 1 amide bonds. The number of amides is 1. The number of hydrogen-bond acceptors (Lipinski definition) is 3. The van der Waals surface area contributed by atoms with Gasteiger partial charge in [0.2, 0.25) is 5.91 Å². The van der Waals surface area contributed by atoms with Crippen molar-refractivity contribution in [3.8, 4) is 5.75 Å². The number of halogens is 6. The van der Waals surface area contributed by atoms with E-state index in [1.54, 1.807) is 0 Å². The van der Waals surface area contributed by atoms with Crippen molar-refractivity contribution in [3.63, 3.8) is 0 Å². The fourth-order valence-corrected chi connectivity index (χ4v) is 3.09. The first-order valence-corrected chi connectivity index (χ1v) is 8.11. The topological polar surface area (TPSA) is 58.6 Å². The van der Waals surface area contributed by atoms with E-state index in [2.05, 4.69) is 10.1 Å². The largest absolute Gasteiger partial charge is 0.573 e. The van der Waals surface area contributed by atoms with Gasteiger partial charge < -0.3 is 15.2 Å². The smallest absolute Gasteiger partial charge is 0.406 e. The van der Waals surface area contributed by atoms with Crippen LogP contribution in [0.4, 0.5) is 26.3 Å². The molecule has 0 aliphatic heterocycles. The molecule has 1 aliphatic carbocycles. The van der Waals surface area contributed by atoms with E-state index in [-0.39, 0.29) is 18.4 Å². The highest BCUT2D eigenvalue weighted by Gasteiger charge is 2.72. The Kier molecular flexibility index (Phi) is 5.44. The minimum absolute atomic E-state index is 0.261. The molecule has 0 aromatic heterocycles. The lowest BCUT2D eigenvalue weighted by Gasteiger charge is -2.34. The summed E-state index contributed by atoms with van der Waals surface area (Å²) in [5, 5.41) is 12.6. The van der Waals surface area contributed by atoms with Gasteiger partial charge in [-0.15, -0.1) is 13.2 Å². The van der Waals surface area contributed by atoms with Crippen molar-refractivity contribution < 1.29 is 41.0 Å². The Balaban J connectivity index is 2.03. The zero-order valence-electron chi connectivity index (χ0n) is 14.5. The number of ether oxygens (including phenoxy) is 1. The molecule has 0 saturated heterocycles. The maximum atomic E-state index is 13.2. The van der Waals surface area contributed by atoms with Gasteiger partial charge in [-0.25, -0.2) is 0 Å². The number of nitrogens with one attached hydrogen (secondary N) is 1. The molecule has 2 rings (SSSR count). The quantitative estimate of drug-likeness (QED) is 0.704. The maximum Gasteiger partial charge on any atom is 0.573 e. The minimum atomic E-state index is -4.88.